The number of nitrogens with zero attached hydrogens (tertiary/aromatic N) is 1. The molecule has 0 aliphatic carbocycles. The van der Waals surface area contributed by atoms with Crippen LogP contribution in [0.3, 0.4) is 0 Å². The molecule has 0 spiro atoms. The Kier molecular flexibility index (Phi) is 5.04. The molecule has 0 fully saturated rings. The Hall–Kier alpha value is -1.35. The lowest BCUT2D eigenvalue weighted by molar-refractivity contribution is -0.120. The number of anilines is 1. The van der Waals surface area contributed by atoms with Crippen LogP contribution in [0.5, 0.6) is 0 Å². The number of unbranched alkanes of at least 4 members (excludes halogenated alkanes) is 4. The standard InChI is InChI=1S/C17H22ClNO2/c1-3-4-5-6-9-12-17(18)15(20)13-10-7-8-11-14(13)19(2)16(17)21/h7-8,10-11H,3-6,9,12H2,1-2H3/t17-/m1/s1. The monoisotopic (exact) mass is 307 g/mol. The zero-order valence-electron chi connectivity index (χ0n) is 12.7. The highest BCUT2D eigenvalue weighted by Gasteiger charge is 2.50. The summed E-state index contributed by atoms with van der Waals surface area (Å²) in [5, 5.41) is 0. The van der Waals surface area contributed by atoms with Gasteiger partial charge in [-0.25, -0.2) is 0 Å². The van der Waals surface area contributed by atoms with Gasteiger partial charge in [-0.15, -0.1) is 0 Å². The second kappa shape index (κ2) is 6.61. The molecule has 1 heterocycles. The number of carbonyl (C=O) groups excluding carboxylic acids is 2. The molecule has 0 saturated heterocycles. The lowest BCUT2D eigenvalue weighted by Gasteiger charge is -2.35. The van der Waals surface area contributed by atoms with Gasteiger partial charge in [-0.05, 0) is 18.6 Å². The highest BCUT2D eigenvalue weighted by molar-refractivity contribution is 6.52. The fourth-order valence-electron chi connectivity index (χ4n) is 2.84. The van der Waals surface area contributed by atoms with Crippen LogP contribution in [0.2, 0.25) is 0 Å². The zero-order valence-corrected chi connectivity index (χ0v) is 13.4. The van der Waals surface area contributed by atoms with Crippen molar-refractivity contribution in [1.29, 1.82) is 0 Å². The number of hydrogen-bond acceptors (Lipinski definition) is 2. The Morgan fingerprint density at radius 3 is 2.48 bits per heavy atom. The fraction of sp³-hybridized carbons (Fsp3) is 0.529. The summed E-state index contributed by atoms with van der Waals surface area (Å²) >= 11 is 6.47. The molecule has 2 rings (SSSR count). The van der Waals surface area contributed by atoms with Crippen molar-refractivity contribution in [2.45, 2.75) is 50.3 Å². The van der Waals surface area contributed by atoms with Crippen molar-refractivity contribution >= 4 is 29.0 Å². The molecule has 4 heteroatoms. The molecule has 114 valence electrons. The Labute approximate surface area is 131 Å². The number of Topliss-reactive ketones (excluding diaryl/α,β-unsaturated/α-hetero) is 1. The molecule has 0 unspecified atom stereocenters. The van der Waals surface area contributed by atoms with Crippen molar-refractivity contribution in [3.05, 3.63) is 29.8 Å². The van der Waals surface area contributed by atoms with E-state index in [2.05, 4.69) is 6.92 Å². The molecular weight excluding hydrogens is 286 g/mol. The van der Waals surface area contributed by atoms with Gasteiger partial charge >= 0.3 is 0 Å². The maximum Gasteiger partial charge on any atom is 0.255 e. The number of ketones is 1. The van der Waals surface area contributed by atoms with E-state index in [9.17, 15) is 9.59 Å². The van der Waals surface area contributed by atoms with Crippen LogP contribution < -0.4 is 4.90 Å². The van der Waals surface area contributed by atoms with Gasteiger partial charge in [0, 0.05) is 12.6 Å². The largest absolute Gasteiger partial charge is 0.313 e. The Balaban J connectivity index is 2.16. The van der Waals surface area contributed by atoms with Gasteiger partial charge in [-0.1, -0.05) is 62.8 Å². The number of hydrogen-bond donors (Lipinski definition) is 0. The molecule has 0 bridgehead atoms. The first kappa shape index (κ1) is 16.0. The summed E-state index contributed by atoms with van der Waals surface area (Å²) in [7, 11) is 1.68. The predicted molar refractivity (Wildman–Crippen MR) is 86.1 cm³/mol. The van der Waals surface area contributed by atoms with E-state index in [0.717, 1.165) is 19.3 Å². The molecule has 1 atom stereocenters. The second-order valence-electron chi connectivity index (χ2n) is 5.68. The second-order valence-corrected chi connectivity index (χ2v) is 6.32. The third-order valence-corrected chi connectivity index (χ3v) is 4.66. The Bertz CT molecular complexity index is 543. The van der Waals surface area contributed by atoms with Gasteiger partial charge in [0.05, 0.1) is 5.69 Å². The lowest BCUT2D eigenvalue weighted by Crippen LogP contribution is -2.53. The summed E-state index contributed by atoms with van der Waals surface area (Å²) in [6.07, 6.45) is 5.69. The van der Waals surface area contributed by atoms with E-state index in [1.54, 1.807) is 25.2 Å². The number of carbonyl (C=O) groups is 2. The minimum atomic E-state index is -1.42. The number of halogens is 1. The Morgan fingerprint density at radius 1 is 1.10 bits per heavy atom. The van der Waals surface area contributed by atoms with Crippen LogP contribution in [0.15, 0.2) is 24.3 Å². The fourth-order valence-corrected chi connectivity index (χ4v) is 3.20. The van der Waals surface area contributed by atoms with Gasteiger partial charge in [-0.2, -0.15) is 0 Å². The molecular formula is C17H22ClNO2. The number of rotatable bonds is 6. The van der Waals surface area contributed by atoms with Gasteiger partial charge in [0.1, 0.15) is 0 Å². The summed E-state index contributed by atoms with van der Waals surface area (Å²) in [5.74, 6) is -0.554. The molecule has 0 aromatic heterocycles. The van der Waals surface area contributed by atoms with E-state index in [0.29, 0.717) is 17.7 Å². The number of amides is 1. The summed E-state index contributed by atoms with van der Waals surface area (Å²) < 4.78 is 0. The van der Waals surface area contributed by atoms with E-state index in [1.165, 1.54) is 17.7 Å². The first-order valence-corrected chi connectivity index (χ1v) is 8.01. The van der Waals surface area contributed by atoms with Crippen molar-refractivity contribution < 1.29 is 9.59 Å². The topological polar surface area (TPSA) is 37.4 Å². The van der Waals surface area contributed by atoms with E-state index in [-0.39, 0.29) is 11.7 Å². The molecule has 0 N–H and O–H groups in total. The SMILES string of the molecule is CCCCCCC[C@@]1(Cl)C(=O)c2ccccc2N(C)C1=O. The van der Waals surface area contributed by atoms with Crippen molar-refractivity contribution in [2.24, 2.45) is 0 Å². The van der Waals surface area contributed by atoms with Crippen LogP contribution in [0.1, 0.15) is 55.8 Å². The molecule has 0 saturated carbocycles. The molecule has 1 aliphatic heterocycles. The molecule has 21 heavy (non-hydrogen) atoms. The van der Waals surface area contributed by atoms with Crippen LogP contribution in [0, 0.1) is 0 Å². The lowest BCUT2D eigenvalue weighted by atomic mass is 9.86. The third-order valence-electron chi connectivity index (χ3n) is 4.14. The normalized spacial score (nSPS) is 21.6. The number of benzene rings is 1. The van der Waals surface area contributed by atoms with Gasteiger partial charge in [0.25, 0.3) is 5.91 Å². The van der Waals surface area contributed by atoms with Crippen molar-refractivity contribution in [3.63, 3.8) is 0 Å². The molecule has 0 radical (unpaired) electrons. The van der Waals surface area contributed by atoms with Crippen molar-refractivity contribution in [1.82, 2.24) is 0 Å². The molecule has 3 nitrogen and oxygen atoms in total. The van der Waals surface area contributed by atoms with Crippen molar-refractivity contribution in [3.8, 4) is 0 Å². The first-order chi connectivity index (χ1) is 10.0. The molecule has 1 aromatic carbocycles. The summed E-state index contributed by atoms with van der Waals surface area (Å²) in [4.78, 5) is 25.2. The van der Waals surface area contributed by atoms with Crippen LogP contribution in [0.4, 0.5) is 5.69 Å². The maximum absolute atomic E-state index is 12.6. The third kappa shape index (κ3) is 2.98. The minimum Gasteiger partial charge on any atom is -0.313 e. The summed E-state index contributed by atoms with van der Waals surface area (Å²) in [5.41, 5.74) is 1.19. The average molecular weight is 308 g/mol. The minimum absolute atomic E-state index is 0.252. The number of para-hydroxylation sites is 1. The van der Waals surface area contributed by atoms with Gasteiger partial charge in [0.15, 0.2) is 10.7 Å². The molecule has 1 aromatic rings. The van der Waals surface area contributed by atoms with E-state index in [4.69, 9.17) is 11.6 Å². The maximum atomic E-state index is 12.6. The summed E-state index contributed by atoms with van der Waals surface area (Å²) in [6.45, 7) is 2.16. The Morgan fingerprint density at radius 2 is 1.76 bits per heavy atom. The smallest absolute Gasteiger partial charge is 0.255 e. The summed E-state index contributed by atoms with van der Waals surface area (Å²) in [6, 6.07) is 7.15. The van der Waals surface area contributed by atoms with Crippen molar-refractivity contribution in [2.75, 3.05) is 11.9 Å². The van der Waals surface area contributed by atoms with E-state index < -0.39 is 4.87 Å². The average Bonchev–Trinajstić information content (AvgIpc) is 2.51. The highest BCUT2D eigenvalue weighted by atomic mass is 35.5. The van der Waals surface area contributed by atoms with E-state index >= 15 is 0 Å². The molecule has 1 amide bonds. The zero-order chi connectivity index (χ0) is 15.5. The van der Waals surface area contributed by atoms with Crippen LogP contribution >= 0.6 is 11.6 Å². The molecule has 1 aliphatic rings. The van der Waals surface area contributed by atoms with Crippen LogP contribution in [0.25, 0.3) is 0 Å². The highest BCUT2D eigenvalue weighted by Crippen LogP contribution is 2.38. The van der Waals surface area contributed by atoms with Gasteiger partial charge in [-0.3, -0.25) is 9.59 Å². The first-order valence-electron chi connectivity index (χ1n) is 7.63. The number of alkyl halides is 1. The van der Waals surface area contributed by atoms with Gasteiger partial charge < -0.3 is 4.90 Å². The number of fused-ring (bicyclic) bond motifs is 1. The van der Waals surface area contributed by atoms with Crippen LogP contribution in [-0.4, -0.2) is 23.6 Å². The van der Waals surface area contributed by atoms with Crippen LogP contribution in [-0.2, 0) is 4.79 Å². The van der Waals surface area contributed by atoms with Gasteiger partial charge in [0.2, 0.25) is 0 Å². The quantitative estimate of drug-likeness (QED) is 0.449. The van der Waals surface area contributed by atoms with E-state index in [1.807, 2.05) is 6.07 Å². The predicted octanol–water partition coefficient (Wildman–Crippen LogP) is 4.18.